The average molecular weight is 482 g/mol. The predicted octanol–water partition coefficient (Wildman–Crippen LogP) is 5.16. The molecule has 1 N–H and O–H groups in total. The molecule has 0 aliphatic heterocycles. The molecule has 4 aromatic carbocycles. The quantitative estimate of drug-likeness (QED) is 0.202. The fraction of sp³-hybridized carbons (Fsp3) is 0.0690. The predicted molar refractivity (Wildman–Crippen MR) is 135 cm³/mol. The highest BCUT2D eigenvalue weighted by Crippen LogP contribution is 2.21. The topological polar surface area (TPSA) is 90.9 Å². The number of ketones is 1. The van der Waals surface area contributed by atoms with Crippen molar-refractivity contribution in [1.29, 1.82) is 0 Å². The summed E-state index contributed by atoms with van der Waals surface area (Å²) in [5.74, 6) is 0.211. The van der Waals surface area contributed by atoms with Crippen LogP contribution in [0, 0.1) is 0 Å². The van der Waals surface area contributed by atoms with Crippen LogP contribution in [-0.4, -0.2) is 31.4 Å². The zero-order valence-electron chi connectivity index (χ0n) is 19.5. The molecule has 4 rings (SSSR count). The minimum Gasteiger partial charge on any atom is -0.496 e. The van der Waals surface area contributed by atoms with E-state index in [-0.39, 0.29) is 18.3 Å². The molecule has 0 spiro atoms. The van der Waals surface area contributed by atoms with Gasteiger partial charge in [0.25, 0.3) is 5.91 Å². The van der Waals surface area contributed by atoms with Crippen LogP contribution in [0.15, 0.2) is 103 Å². The Labute approximate surface area is 208 Å². The third-order valence-corrected chi connectivity index (χ3v) is 5.20. The molecule has 0 bridgehead atoms. The van der Waals surface area contributed by atoms with Gasteiger partial charge >= 0.3 is 5.97 Å². The van der Waals surface area contributed by atoms with E-state index >= 15 is 0 Å². The maximum absolute atomic E-state index is 12.5. The Morgan fingerprint density at radius 1 is 0.694 bits per heavy atom. The summed E-state index contributed by atoms with van der Waals surface area (Å²) in [6.45, 7) is -0.307. The highest BCUT2D eigenvalue weighted by atomic mass is 16.6. The van der Waals surface area contributed by atoms with E-state index in [9.17, 15) is 14.4 Å². The van der Waals surface area contributed by atoms with Crippen LogP contribution < -0.4 is 19.5 Å². The van der Waals surface area contributed by atoms with Crippen molar-refractivity contribution in [2.45, 2.75) is 0 Å². The lowest BCUT2D eigenvalue weighted by Gasteiger charge is -2.10. The van der Waals surface area contributed by atoms with Crippen LogP contribution in [0.3, 0.4) is 0 Å². The van der Waals surface area contributed by atoms with Crippen LogP contribution in [0.2, 0.25) is 0 Å². The third-order valence-electron chi connectivity index (χ3n) is 5.20. The van der Waals surface area contributed by atoms with Crippen LogP contribution in [0.25, 0.3) is 0 Å². The number of hydrogen-bond acceptors (Lipinski definition) is 6. The number of ether oxygens (including phenoxy) is 3. The molecule has 0 radical (unpaired) electrons. The van der Waals surface area contributed by atoms with Crippen molar-refractivity contribution in [3.8, 4) is 17.2 Å². The summed E-state index contributed by atoms with van der Waals surface area (Å²) in [4.78, 5) is 37.1. The summed E-state index contributed by atoms with van der Waals surface area (Å²) in [5, 5.41) is 2.77. The molecule has 36 heavy (non-hydrogen) atoms. The van der Waals surface area contributed by atoms with Crippen LogP contribution in [0.5, 0.6) is 17.2 Å². The molecule has 0 unspecified atom stereocenters. The number of methoxy groups -OCH3 is 1. The molecule has 0 fully saturated rings. The van der Waals surface area contributed by atoms with Gasteiger partial charge in [0.1, 0.15) is 17.2 Å². The monoisotopic (exact) mass is 481 g/mol. The molecule has 7 heteroatoms. The van der Waals surface area contributed by atoms with Crippen molar-refractivity contribution in [2.24, 2.45) is 0 Å². The maximum Gasteiger partial charge on any atom is 0.349 e. The number of amides is 1. The molecule has 0 heterocycles. The van der Waals surface area contributed by atoms with Crippen molar-refractivity contribution in [3.63, 3.8) is 0 Å². The van der Waals surface area contributed by atoms with E-state index in [1.165, 1.54) is 7.11 Å². The molecule has 1 amide bonds. The largest absolute Gasteiger partial charge is 0.496 e. The summed E-state index contributed by atoms with van der Waals surface area (Å²) in [7, 11) is 1.50. The van der Waals surface area contributed by atoms with Gasteiger partial charge in [0.15, 0.2) is 12.4 Å². The molecule has 0 saturated heterocycles. The summed E-state index contributed by atoms with van der Waals surface area (Å²) in [6.07, 6.45) is 0. The lowest BCUT2D eigenvalue weighted by molar-refractivity contribution is -0.136. The molecular formula is C29H23NO6. The molecule has 4 aromatic rings. The van der Waals surface area contributed by atoms with Crippen LogP contribution in [-0.2, 0) is 4.79 Å². The first-order valence-electron chi connectivity index (χ1n) is 11.1. The Hall–Kier alpha value is -4.91. The second kappa shape index (κ2) is 11.5. The van der Waals surface area contributed by atoms with Gasteiger partial charge in [-0.15, -0.1) is 0 Å². The number of carbonyl (C=O) groups excluding carboxylic acids is 3. The SMILES string of the molecule is COc1ccccc1C(=O)Nc1ccc(OC(=O)COc2ccc(C(=O)c3ccccc3)cc2)cc1. The zero-order valence-corrected chi connectivity index (χ0v) is 19.5. The van der Waals surface area contributed by atoms with E-state index in [1.807, 2.05) is 18.2 Å². The van der Waals surface area contributed by atoms with Gasteiger partial charge in [0, 0.05) is 16.8 Å². The number of carbonyl (C=O) groups is 3. The third kappa shape index (κ3) is 6.15. The fourth-order valence-electron chi connectivity index (χ4n) is 3.40. The normalized spacial score (nSPS) is 10.2. The van der Waals surface area contributed by atoms with Crippen LogP contribution >= 0.6 is 0 Å². The number of benzene rings is 4. The van der Waals surface area contributed by atoms with Gasteiger partial charge in [-0.05, 0) is 60.7 Å². The number of para-hydroxylation sites is 1. The van der Waals surface area contributed by atoms with Gasteiger partial charge in [0.2, 0.25) is 0 Å². The molecule has 0 aromatic heterocycles. The molecule has 0 aliphatic rings. The van der Waals surface area contributed by atoms with E-state index < -0.39 is 5.97 Å². The van der Waals surface area contributed by atoms with Gasteiger partial charge in [0.05, 0.1) is 12.7 Å². The van der Waals surface area contributed by atoms with Gasteiger partial charge in [-0.3, -0.25) is 9.59 Å². The van der Waals surface area contributed by atoms with Crippen molar-refractivity contribution in [3.05, 3.63) is 120 Å². The van der Waals surface area contributed by atoms with E-state index in [0.29, 0.717) is 39.6 Å². The lowest BCUT2D eigenvalue weighted by Crippen LogP contribution is -2.17. The van der Waals surface area contributed by atoms with Crippen molar-refractivity contribution < 1.29 is 28.6 Å². The van der Waals surface area contributed by atoms with Gasteiger partial charge in [-0.1, -0.05) is 42.5 Å². The second-order valence-corrected chi connectivity index (χ2v) is 7.66. The first-order chi connectivity index (χ1) is 17.5. The van der Waals surface area contributed by atoms with Gasteiger partial charge < -0.3 is 19.5 Å². The minimum atomic E-state index is -0.592. The molecule has 7 nitrogen and oxygen atoms in total. The molecular weight excluding hydrogens is 458 g/mol. The Morgan fingerprint density at radius 2 is 1.31 bits per heavy atom. The lowest BCUT2D eigenvalue weighted by atomic mass is 10.0. The number of hydrogen-bond donors (Lipinski definition) is 1. The number of rotatable bonds is 9. The average Bonchev–Trinajstić information content (AvgIpc) is 2.93. The van der Waals surface area contributed by atoms with E-state index in [0.717, 1.165) is 0 Å². The van der Waals surface area contributed by atoms with Crippen molar-refractivity contribution in [2.75, 3.05) is 19.0 Å². The molecule has 0 atom stereocenters. The molecule has 180 valence electrons. The van der Waals surface area contributed by atoms with Crippen molar-refractivity contribution >= 4 is 23.3 Å². The van der Waals surface area contributed by atoms with Gasteiger partial charge in [-0.25, -0.2) is 4.79 Å². The zero-order chi connectivity index (χ0) is 25.3. The highest BCUT2D eigenvalue weighted by molar-refractivity contribution is 6.09. The van der Waals surface area contributed by atoms with Crippen molar-refractivity contribution in [1.82, 2.24) is 0 Å². The first-order valence-corrected chi connectivity index (χ1v) is 11.1. The number of anilines is 1. The minimum absolute atomic E-state index is 0.0934. The summed E-state index contributed by atoms with van der Waals surface area (Å²) < 4.78 is 16.0. The maximum atomic E-state index is 12.5. The first kappa shape index (κ1) is 24.2. The van der Waals surface area contributed by atoms with Crippen LogP contribution in [0.4, 0.5) is 5.69 Å². The fourth-order valence-corrected chi connectivity index (χ4v) is 3.40. The Morgan fingerprint density at radius 3 is 2.00 bits per heavy atom. The van der Waals surface area contributed by atoms with Crippen LogP contribution in [0.1, 0.15) is 26.3 Å². The summed E-state index contributed by atoms with van der Waals surface area (Å²) >= 11 is 0. The Balaban J connectivity index is 1.27. The second-order valence-electron chi connectivity index (χ2n) is 7.66. The summed E-state index contributed by atoms with van der Waals surface area (Å²) in [5.41, 5.74) is 2.06. The van der Waals surface area contributed by atoms with E-state index in [2.05, 4.69) is 5.32 Å². The molecule has 0 saturated carbocycles. The summed E-state index contributed by atoms with van der Waals surface area (Å²) in [6, 6.07) is 28.8. The van der Waals surface area contributed by atoms with E-state index in [1.54, 1.807) is 84.9 Å². The van der Waals surface area contributed by atoms with E-state index in [4.69, 9.17) is 14.2 Å². The smallest absolute Gasteiger partial charge is 0.349 e. The number of esters is 1. The number of nitrogens with one attached hydrogen (secondary N) is 1. The Kier molecular flexibility index (Phi) is 7.73. The highest BCUT2D eigenvalue weighted by Gasteiger charge is 2.13. The molecule has 0 aliphatic carbocycles. The standard InChI is InChI=1S/C29H23NO6/c1-34-26-10-6-5-9-25(26)29(33)30-22-13-17-24(18-14-22)36-27(31)19-35-23-15-11-21(12-16-23)28(32)20-7-3-2-4-8-20/h2-18H,19H2,1H3,(H,30,33). The Bertz CT molecular complexity index is 1350. The van der Waals surface area contributed by atoms with Gasteiger partial charge in [-0.2, -0.15) is 0 Å².